The van der Waals surface area contributed by atoms with Gasteiger partial charge in [-0.05, 0) is 12.8 Å². The van der Waals surface area contributed by atoms with Gasteiger partial charge in [-0.1, -0.05) is 26.7 Å². The minimum Gasteiger partial charge on any atom is -0.362 e. The largest absolute Gasteiger partial charge is 0.362 e. The van der Waals surface area contributed by atoms with Crippen LogP contribution in [0.2, 0.25) is 0 Å². The predicted molar refractivity (Wildman–Crippen MR) is 63.2 cm³/mol. The van der Waals surface area contributed by atoms with Gasteiger partial charge in [0.2, 0.25) is 0 Å². The van der Waals surface area contributed by atoms with Crippen molar-refractivity contribution in [1.82, 2.24) is 0 Å². The molecule has 0 rings (SSSR count). The van der Waals surface area contributed by atoms with E-state index in [1.54, 1.807) is 0 Å². The Kier molecular flexibility index (Phi) is 13.5. The molecule has 0 saturated heterocycles. The minimum atomic E-state index is 0.641. The van der Waals surface area contributed by atoms with Crippen molar-refractivity contribution in [3.63, 3.8) is 0 Å². The normalized spacial score (nSPS) is 12.5. The van der Waals surface area contributed by atoms with Gasteiger partial charge < -0.3 is 9.05 Å². The van der Waals surface area contributed by atoms with Crippen LogP contribution in [0.25, 0.3) is 0 Å². The Morgan fingerprint density at radius 2 is 1.31 bits per heavy atom. The molecule has 0 aliphatic rings. The van der Waals surface area contributed by atoms with Gasteiger partial charge in [0.1, 0.15) is 0 Å². The molecule has 13 heavy (non-hydrogen) atoms. The fourth-order valence-corrected chi connectivity index (χ4v) is 2.34. The van der Waals surface area contributed by atoms with Crippen LogP contribution >= 0.6 is 17.6 Å². The zero-order chi connectivity index (χ0) is 9.78. The van der Waals surface area contributed by atoms with E-state index in [1.165, 1.54) is 25.7 Å². The van der Waals surface area contributed by atoms with Crippen molar-refractivity contribution >= 4 is 17.6 Å². The molecule has 0 bridgehead atoms. The van der Waals surface area contributed by atoms with Gasteiger partial charge in [0.05, 0.1) is 13.2 Å². The molecule has 80 valence electrons. The molecule has 0 fully saturated rings. The Morgan fingerprint density at radius 3 is 1.69 bits per heavy atom. The Morgan fingerprint density at radius 1 is 0.846 bits per heavy atom. The lowest BCUT2D eigenvalue weighted by Crippen LogP contribution is -1.85. The van der Waals surface area contributed by atoms with Crippen LogP contribution < -0.4 is 0 Å². The molecular weight excluding hydrogens is 202 g/mol. The summed E-state index contributed by atoms with van der Waals surface area (Å²) in [5.74, 6) is 1.09. The monoisotopic (exact) mass is 224 g/mol. The van der Waals surface area contributed by atoms with Crippen molar-refractivity contribution in [2.75, 3.05) is 19.1 Å². The third kappa shape index (κ3) is 12.8. The molecule has 4 heteroatoms. The molecule has 0 radical (unpaired) electrons. The van der Waals surface area contributed by atoms with Gasteiger partial charge in [0.15, 0.2) is 0 Å². The molecule has 0 aromatic rings. The molecule has 2 unspecified atom stereocenters. The van der Waals surface area contributed by atoms with Gasteiger partial charge in [-0.2, -0.15) is 0 Å². The highest BCUT2D eigenvalue weighted by atomic mass is 31.1. The van der Waals surface area contributed by atoms with Crippen LogP contribution in [0.4, 0.5) is 0 Å². The van der Waals surface area contributed by atoms with Gasteiger partial charge in [-0.15, -0.1) is 0 Å². The van der Waals surface area contributed by atoms with E-state index in [0.717, 1.165) is 19.1 Å². The number of hydrogen-bond acceptors (Lipinski definition) is 2. The quantitative estimate of drug-likeness (QED) is 0.415. The molecule has 0 N–H and O–H groups in total. The van der Waals surface area contributed by atoms with Crippen molar-refractivity contribution < 1.29 is 9.05 Å². The van der Waals surface area contributed by atoms with E-state index < -0.39 is 0 Å². The first-order valence-corrected chi connectivity index (χ1v) is 7.34. The van der Waals surface area contributed by atoms with Crippen LogP contribution in [0.1, 0.15) is 39.5 Å². The SMILES string of the molecule is CCCCOPCPOCCCC. The van der Waals surface area contributed by atoms with Crippen molar-refractivity contribution in [2.24, 2.45) is 0 Å². The van der Waals surface area contributed by atoms with Crippen molar-refractivity contribution in [1.29, 1.82) is 0 Å². The second kappa shape index (κ2) is 12.8. The van der Waals surface area contributed by atoms with E-state index in [-0.39, 0.29) is 0 Å². The fourth-order valence-electron chi connectivity index (χ4n) is 0.709. The Bertz CT molecular complexity index is 81.7. The molecule has 0 aliphatic carbocycles. The smallest absolute Gasteiger partial charge is 0.0505 e. The molecule has 0 aromatic heterocycles. The van der Waals surface area contributed by atoms with E-state index in [4.69, 9.17) is 9.05 Å². The Hall–Kier alpha value is 0.780. The zero-order valence-electron chi connectivity index (χ0n) is 8.77. The van der Waals surface area contributed by atoms with Gasteiger partial charge >= 0.3 is 0 Å². The summed E-state index contributed by atoms with van der Waals surface area (Å²) in [4.78, 5) is 0. The van der Waals surface area contributed by atoms with Gasteiger partial charge in [-0.25, -0.2) is 0 Å². The van der Waals surface area contributed by atoms with Gasteiger partial charge in [0.25, 0.3) is 0 Å². The lowest BCUT2D eigenvalue weighted by atomic mass is 10.4. The maximum absolute atomic E-state index is 5.44. The van der Waals surface area contributed by atoms with Crippen LogP contribution in [-0.2, 0) is 9.05 Å². The highest BCUT2D eigenvalue weighted by Crippen LogP contribution is 2.25. The van der Waals surface area contributed by atoms with Crippen molar-refractivity contribution in [3.8, 4) is 0 Å². The first-order valence-electron chi connectivity index (χ1n) is 5.11. The standard InChI is InChI=1S/C9H22O2P2/c1-3-5-7-10-12-9-13-11-8-6-4-2/h12-13H,3-9H2,1-2H3. The third-order valence-corrected chi connectivity index (χ3v) is 3.52. The topological polar surface area (TPSA) is 18.5 Å². The first kappa shape index (κ1) is 13.8. The molecule has 0 aliphatic heterocycles. The minimum absolute atomic E-state index is 0.641. The summed E-state index contributed by atoms with van der Waals surface area (Å²) < 4.78 is 10.9. The summed E-state index contributed by atoms with van der Waals surface area (Å²) >= 11 is 0. The third-order valence-electron chi connectivity index (χ3n) is 1.55. The number of unbranched alkanes of at least 4 members (excludes halogenated alkanes) is 2. The number of rotatable bonds is 10. The van der Waals surface area contributed by atoms with Crippen LogP contribution in [0.3, 0.4) is 0 Å². The molecule has 0 heterocycles. The molecule has 0 saturated carbocycles. The Balaban J connectivity index is 2.76. The maximum Gasteiger partial charge on any atom is 0.0505 e. The zero-order valence-corrected chi connectivity index (χ0v) is 10.8. The van der Waals surface area contributed by atoms with E-state index >= 15 is 0 Å². The molecule has 0 amide bonds. The van der Waals surface area contributed by atoms with E-state index in [2.05, 4.69) is 13.8 Å². The van der Waals surface area contributed by atoms with Crippen LogP contribution in [0.5, 0.6) is 0 Å². The molecule has 0 aromatic carbocycles. The van der Waals surface area contributed by atoms with Crippen molar-refractivity contribution in [3.05, 3.63) is 0 Å². The average Bonchev–Trinajstić information content (AvgIpc) is 2.16. The Labute approximate surface area is 85.9 Å². The molecular formula is C9H22O2P2. The van der Waals surface area contributed by atoms with Gasteiger partial charge in [-0.3, -0.25) is 0 Å². The molecule has 0 spiro atoms. The van der Waals surface area contributed by atoms with Crippen LogP contribution in [-0.4, -0.2) is 19.1 Å². The summed E-state index contributed by atoms with van der Waals surface area (Å²) in [5.41, 5.74) is 0. The lowest BCUT2D eigenvalue weighted by molar-refractivity contribution is 0.346. The summed E-state index contributed by atoms with van der Waals surface area (Å²) in [6, 6.07) is 0. The summed E-state index contributed by atoms with van der Waals surface area (Å²) in [7, 11) is 1.28. The summed E-state index contributed by atoms with van der Waals surface area (Å²) in [6.45, 7) is 6.22. The second-order valence-electron chi connectivity index (χ2n) is 2.87. The van der Waals surface area contributed by atoms with E-state index in [9.17, 15) is 0 Å². The highest BCUT2D eigenvalue weighted by molar-refractivity contribution is 7.50. The second-order valence-corrected chi connectivity index (χ2v) is 5.44. The average molecular weight is 224 g/mol. The molecule has 2 atom stereocenters. The maximum atomic E-state index is 5.44. The summed E-state index contributed by atoms with van der Waals surface area (Å²) in [5, 5.41) is 0. The van der Waals surface area contributed by atoms with Gasteiger partial charge in [0, 0.05) is 23.5 Å². The van der Waals surface area contributed by atoms with E-state index in [1.807, 2.05) is 0 Å². The lowest BCUT2D eigenvalue weighted by Gasteiger charge is -2.03. The fraction of sp³-hybridized carbons (Fsp3) is 1.00. The van der Waals surface area contributed by atoms with Crippen molar-refractivity contribution in [2.45, 2.75) is 39.5 Å². The van der Waals surface area contributed by atoms with Crippen LogP contribution in [0, 0.1) is 0 Å². The predicted octanol–water partition coefficient (Wildman–Crippen LogP) is 3.76. The molecule has 2 nitrogen and oxygen atoms in total. The van der Waals surface area contributed by atoms with Crippen LogP contribution in [0.15, 0.2) is 0 Å². The first-order chi connectivity index (χ1) is 6.41. The number of hydrogen-bond donors (Lipinski definition) is 0. The highest BCUT2D eigenvalue weighted by Gasteiger charge is 1.90. The van der Waals surface area contributed by atoms with E-state index in [0.29, 0.717) is 17.6 Å². The summed E-state index contributed by atoms with van der Waals surface area (Å²) in [6.07, 6.45) is 4.82.